The molecule has 1 aliphatic rings. The van der Waals surface area contributed by atoms with Crippen molar-refractivity contribution in [1.82, 2.24) is 10.6 Å². The van der Waals surface area contributed by atoms with E-state index in [0.717, 1.165) is 12.8 Å². The van der Waals surface area contributed by atoms with Crippen LogP contribution >= 0.6 is 11.3 Å². The van der Waals surface area contributed by atoms with Crippen LogP contribution in [-0.4, -0.2) is 50.6 Å². The Morgan fingerprint density at radius 1 is 1.06 bits per heavy atom. The second-order valence-corrected chi connectivity index (χ2v) is 9.26. The zero-order chi connectivity index (χ0) is 25.3. The minimum atomic E-state index is -0.952. The van der Waals surface area contributed by atoms with Crippen LogP contribution in [0.1, 0.15) is 34.1 Å². The molecule has 2 heterocycles. The summed E-state index contributed by atoms with van der Waals surface area (Å²) in [6, 6.07) is 18.5. The number of nitrogens with one attached hydrogen (secondary N) is 2. The lowest BCUT2D eigenvalue weighted by atomic mass is 10.0. The van der Waals surface area contributed by atoms with Gasteiger partial charge in [-0.15, -0.1) is 11.3 Å². The van der Waals surface area contributed by atoms with Gasteiger partial charge in [0, 0.05) is 18.8 Å². The Hall–Kier alpha value is -3.69. The molecule has 0 bridgehead atoms. The highest BCUT2D eigenvalue weighted by Crippen LogP contribution is 2.29. The van der Waals surface area contributed by atoms with Crippen molar-refractivity contribution in [2.45, 2.75) is 25.0 Å². The molecule has 0 saturated carbocycles. The van der Waals surface area contributed by atoms with Gasteiger partial charge >= 0.3 is 0 Å². The molecule has 4 rings (SSSR count). The fourth-order valence-corrected chi connectivity index (χ4v) is 4.73. The Bertz CT molecular complexity index is 1150. The van der Waals surface area contributed by atoms with Gasteiger partial charge in [-0.1, -0.05) is 36.4 Å². The normalized spacial score (nSPS) is 15.6. The zero-order valence-corrected chi connectivity index (χ0v) is 20.8. The number of anilines is 1. The SMILES string of the molecule is COc1ccc(N(C(=O)CNC(=O)c2cccs2)C(C(=O)NCC2CCCO2)c2ccccc2)cc1. The summed E-state index contributed by atoms with van der Waals surface area (Å²) in [4.78, 5) is 41.7. The van der Waals surface area contributed by atoms with E-state index in [-0.39, 0.29) is 24.5 Å². The second kappa shape index (κ2) is 12.3. The molecular weight excluding hydrogens is 478 g/mol. The van der Waals surface area contributed by atoms with E-state index in [1.54, 1.807) is 48.9 Å². The van der Waals surface area contributed by atoms with Crippen LogP contribution in [0.25, 0.3) is 0 Å². The Labute approximate surface area is 214 Å². The number of methoxy groups -OCH3 is 1. The molecule has 2 N–H and O–H groups in total. The number of carbonyl (C=O) groups excluding carboxylic acids is 3. The maximum Gasteiger partial charge on any atom is 0.261 e. The van der Waals surface area contributed by atoms with E-state index in [9.17, 15) is 14.4 Å². The van der Waals surface area contributed by atoms with E-state index in [0.29, 0.717) is 35.0 Å². The van der Waals surface area contributed by atoms with Gasteiger partial charge in [0.15, 0.2) is 0 Å². The second-order valence-electron chi connectivity index (χ2n) is 8.32. The van der Waals surface area contributed by atoms with Crippen LogP contribution < -0.4 is 20.3 Å². The number of ether oxygens (including phenoxy) is 2. The largest absolute Gasteiger partial charge is 0.497 e. The van der Waals surface area contributed by atoms with Crippen molar-refractivity contribution in [2.75, 3.05) is 31.7 Å². The van der Waals surface area contributed by atoms with Gasteiger partial charge in [-0.25, -0.2) is 0 Å². The van der Waals surface area contributed by atoms with E-state index in [4.69, 9.17) is 9.47 Å². The van der Waals surface area contributed by atoms with Gasteiger partial charge in [-0.2, -0.15) is 0 Å². The molecule has 2 unspecified atom stereocenters. The van der Waals surface area contributed by atoms with E-state index >= 15 is 0 Å². The minimum Gasteiger partial charge on any atom is -0.497 e. The highest BCUT2D eigenvalue weighted by molar-refractivity contribution is 7.12. The summed E-state index contributed by atoms with van der Waals surface area (Å²) in [6.07, 6.45) is 1.80. The van der Waals surface area contributed by atoms with Crippen LogP contribution in [0.3, 0.4) is 0 Å². The third kappa shape index (κ3) is 6.30. The van der Waals surface area contributed by atoms with Gasteiger partial charge in [0.25, 0.3) is 5.91 Å². The molecule has 9 heteroatoms. The number of nitrogens with zero attached hydrogens (tertiary/aromatic N) is 1. The quantitative estimate of drug-likeness (QED) is 0.438. The molecule has 2 atom stereocenters. The number of rotatable bonds is 10. The molecule has 188 valence electrons. The van der Waals surface area contributed by atoms with Crippen LogP contribution in [0.15, 0.2) is 72.1 Å². The number of thiophene rings is 1. The highest BCUT2D eigenvalue weighted by atomic mass is 32.1. The van der Waals surface area contributed by atoms with Gasteiger partial charge in [0.1, 0.15) is 11.8 Å². The first-order valence-electron chi connectivity index (χ1n) is 11.8. The molecule has 2 aromatic carbocycles. The Morgan fingerprint density at radius 3 is 2.47 bits per heavy atom. The van der Waals surface area contributed by atoms with Crippen molar-refractivity contribution >= 4 is 34.7 Å². The van der Waals surface area contributed by atoms with Gasteiger partial charge in [0.05, 0.1) is 24.6 Å². The first kappa shape index (κ1) is 25.4. The molecule has 36 heavy (non-hydrogen) atoms. The fraction of sp³-hybridized carbons (Fsp3) is 0.296. The summed E-state index contributed by atoms with van der Waals surface area (Å²) in [5.41, 5.74) is 1.16. The van der Waals surface area contributed by atoms with Gasteiger partial charge in [0.2, 0.25) is 11.8 Å². The predicted molar refractivity (Wildman–Crippen MR) is 138 cm³/mol. The summed E-state index contributed by atoms with van der Waals surface area (Å²) >= 11 is 1.29. The summed E-state index contributed by atoms with van der Waals surface area (Å²) in [5, 5.41) is 7.45. The summed E-state index contributed by atoms with van der Waals surface area (Å²) in [5.74, 6) is -0.472. The smallest absolute Gasteiger partial charge is 0.261 e. The first-order chi connectivity index (χ1) is 17.6. The number of amides is 3. The van der Waals surface area contributed by atoms with Gasteiger partial charge < -0.3 is 20.1 Å². The molecule has 3 amide bonds. The number of carbonyl (C=O) groups is 3. The Morgan fingerprint density at radius 2 is 1.83 bits per heavy atom. The molecule has 1 fully saturated rings. The molecular formula is C27H29N3O5S. The monoisotopic (exact) mass is 507 g/mol. The van der Waals surface area contributed by atoms with Crippen molar-refractivity contribution in [3.63, 3.8) is 0 Å². The van der Waals surface area contributed by atoms with Crippen molar-refractivity contribution in [3.05, 3.63) is 82.6 Å². The lowest BCUT2D eigenvalue weighted by molar-refractivity contribution is -0.126. The Balaban J connectivity index is 1.63. The maximum absolute atomic E-state index is 13.6. The molecule has 1 aromatic heterocycles. The van der Waals surface area contributed by atoms with Crippen LogP contribution in [0.4, 0.5) is 5.69 Å². The van der Waals surface area contributed by atoms with Gasteiger partial charge in [-0.3, -0.25) is 19.3 Å². The molecule has 0 aliphatic carbocycles. The van der Waals surface area contributed by atoms with E-state index in [1.165, 1.54) is 16.2 Å². The fourth-order valence-electron chi connectivity index (χ4n) is 4.09. The van der Waals surface area contributed by atoms with Crippen molar-refractivity contribution < 1.29 is 23.9 Å². The van der Waals surface area contributed by atoms with Crippen LogP contribution in [-0.2, 0) is 14.3 Å². The maximum atomic E-state index is 13.6. The first-order valence-corrected chi connectivity index (χ1v) is 12.7. The minimum absolute atomic E-state index is 0.0411. The number of hydrogen-bond donors (Lipinski definition) is 2. The average molecular weight is 508 g/mol. The summed E-state index contributed by atoms with van der Waals surface area (Å²) in [7, 11) is 1.56. The molecule has 0 radical (unpaired) electrons. The van der Waals surface area contributed by atoms with Gasteiger partial charge in [-0.05, 0) is 54.1 Å². The van der Waals surface area contributed by atoms with Crippen LogP contribution in [0.2, 0.25) is 0 Å². The highest BCUT2D eigenvalue weighted by Gasteiger charge is 2.33. The molecule has 3 aromatic rings. The Kier molecular flexibility index (Phi) is 8.70. The topological polar surface area (TPSA) is 97.0 Å². The van der Waals surface area contributed by atoms with E-state index in [2.05, 4.69) is 10.6 Å². The molecule has 1 saturated heterocycles. The van der Waals surface area contributed by atoms with Crippen LogP contribution in [0, 0.1) is 0 Å². The summed E-state index contributed by atoms with van der Waals surface area (Å²) in [6.45, 7) is 0.774. The zero-order valence-electron chi connectivity index (χ0n) is 20.0. The van der Waals surface area contributed by atoms with E-state index < -0.39 is 11.9 Å². The van der Waals surface area contributed by atoms with Crippen molar-refractivity contribution in [2.24, 2.45) is 0 Å². The lowest BCUT2D eigenvalue weighted by Crippen LogP contribution is -2.48. The third-order valence-corrected chi connectivity index (χ3v) is 6.78. The molecule has 8 nitrogen and oxygen atoms in total. The van der Waals surface area contributed by atoms with Crippen LogP contribution in [0.5, 0.6) is 5.75 Å². The predicted octanol–water partition coefficient (Wildman–Crippen LogP) is 3.56. The lowest BCUT2D eigenvalue weighted by Gasteiger charge is -2.32. The third-order valence-electron chi connectivity index (χ3n) is 5.91. The molecule has 0 spiro atoms. The molecule has 1 aliphatic heterocycles. The number of hydrogen-bond acceptors (Lipinski definition) is 6. The van der Waals surface area contributed by atoms with Crippen molar-refractivity contribution in [3.8, 4) is 5.75 Å². The summed E-state index contributed by atoms with van der Waals surface area (Å²) < 4.78 is 10.9. The number of benzene rings is 2. The van der Waals surface area contributed by atoms with Crippen molar-refractivity contribution in [1.29, 1.82) is 0 Å². The average Bonchev–Trinajstić information content (AvgIpc) is 3.64. The standard InChI is InChI=1S/C27H29N3O5S/c1-34-21-13-11-20(12-14-21)30(24(31)18-29-26(32)23-10-6-16-36-23)25(19-7-3-2-4-8-19)27(33)28-17-22-9-5-15-35-22/h2-4,6-8,10-14,16,22,25H,5,9,15,17-18H2,1H3,(H,28,33)(H,29,32). The van der Waals surface area contributed by atoms with E-state index in [1.807, 2.05) is 30.3 Å².